The number of anilines is 1. The number of nitrogens with zero attached hydrogens (tertiary/aromatic N) is 2. The molecule has 1 unspecified atom stereocenters. The van der Waals surface area contributed by atoms with Crippen LogP contribution in [0.15, 0.2) is 40.2 Å². The predicted molar refractivity (Wildman–Crippen MR) is 117 cm³/mol. The number of carbonyl (C=O) groups is 2. The van der Waals surface area contributed by atoms with Gasteiger partial charge in [-0.1, -0.05) is 12.1 Å². The Morgan fingerprint density at radius 3 is 2.57 bits per heavy atom. The zero-order valence-corrected chi connectivity index (χ0v) is 18.5. The van der Waals surface area contributed by atoms with Gasteiger partial charge in [-0.3, -0.25) is 9.69 Å². The van der Waals surface area contributed by atoms with E-state index in [0.29, 0.717) is 0 Å². The number of rotatable bonds is 5. The summed E-state index contributed by atoms with van der Waals surface area (Å²) in [6, 6.07) is 11.6. The lowest BCUT2D eigenvalue weighted by Crippen LogP contribution is -2.51. The molecule has 6 nitrogen and oxygen atoms in total. The van der Waals surface area contributed by atoms with Crippen LogP contribution in [0.3, 0.4) is 0 Å². The second kappa shape index (κ2) is 9.54. The zero-order chi connectivity index (χ0) is 20.1. The van der Waals surface area contributed by atoms with Crippen molar-refractivity contribution in [3.63, 3.8) is 0 Å². The zero-order valence-electron chi connectivity index (χ0n) is 16.1. The summed E-state index contributed by atoms with van der Waals surface area (Å²) in [7, 11) is 0. The molecule has 1 atom stereocenters. The van der Waals surface area contributed by atoms with E-state index in [1.54, 1.807) is 11.3 Å². The molecule has 1 aromatic carbocycles. The van der Waals surface area contributed by atoms with Crippen molar-refractivity contribution in [3.8, 4) is 0 Å². The van der Waals surface area contributed by atoms with Crippen LogP contribution in [0.4, 0.5) is 10.5 Å². The predicted octanol–water partition coefficient (Wildman–Crippen LogP) is 4.06. The van der Waals surface area contributed by atoms with Gasteiger partial charge >= 0.3 is 6.03 Å². The molecule has 1 aliphatic rings. The average molecular weight is 465 g/mol. The van der Waals surface area contributed by atoms with Crippen molar-refractivity contribution >= 4 is 44.9 Å². The molecule has 2 heterocycles. The smallest absolute Gasteiger partial charge is 0.317 e. The van der Waals surface area contributed by atoms with Crippen LogP contribution < -0.4 is 10.6 Å². The maximum absolute atomic E-state index is 12.6. The van der Waals surface area contributed by atoms with Crippen LogP contribution in [0.2, 0.25) is 0 Å². The molecule has 2 aromatic rings. The maximum Gasteiger partial charge on any atom is 0.317 e. The Hall–Kier alpha value is -1.90. The molecule has 0 aliphatic carbocycles. The molecule has 3 rings (SSSR count). The van der Waals surface area contributed by atoms with E-state index in [2.05, 4.69) is 43.6 Å². The highest BCUT2D eigenvalue weighted by atomic mass is 79.9. The van der Waals surface area contributed by atoms with Gasteiger partial charge in [-0.15, -0.1) is 11.3 Å². The van der Waals surface area contributed by atoms with Crippen LogP contribution in [0.5, 0.6) is 0 Å². The van der Waals surface area contributed by atoms with Crippen molar-refractivity contribution < 1.29 is 9.59 Å². The molecular formula is C20H25BrN4O2S. The molecule has 0 spiro atoms. The van der Waals surface area contributed by atoms with E-state index < -0.39 is 0 Å². The molecule has 0 radical (unpaired) electrons. The van der Waals surface area contributed by atoms with Gasteiger partial charge < -0.3 is 15.5 Å². The second-order valence-electron chi connectivity index (χ2n) is 6.95. The molecule has 1 fully saturated rings. The van der Waals surface area contributed by atoms with E-state index >= 15 is 0 Å². The van der Waals surface area contributed by atoms with Crippen LogP contribution in [-0.2, 0) is 11.3 Å². The van der Waals surface area contributed by atoms with Gasteiger partial charge in [0.05, 0.1) is 9.83 Å². The molecule has 8 heteroatoms. The minimum absolute atomic E-state index is 0.0454. The van der Waals surface area contributed by atoms with Gasteiger partial charge in [0.15, 0.2) is 0 Å². The van der Waals surface area contributed by atoms with E-state index in [1.807, 2.05) is 36.1 Å². The standard InChI is InChI=1S/C20H25BrN4O2S/c1-14(16-4-3-5-17(12-16)23-15(2)26)22-20(27)25-10-8-24(9-11-25)13-18-6-7-19(21)28-18/h3-7,12,14H,8-11,13H2,1-2H3,(H,22,27)(H,23,26). The summed E-state index contributed by atoms with van der Waals surface area (Å²) in [6.07, 6.45) is 0. The average Bonchev–Trinajstić information content (AvgIpc) is 3.06. The van der Waals surface area contributed by atoms with Gasteiger partial charge in [-0.05, 0) is 52.7 Å². The molecule has 1 saturated heterocycles. The molecule has 2 N–H and O–H groups in total. The van der Waals surface area contributed by atoms with Crippen LogP contribution in [0.25, 0.3) is 0 Å². The van der Waals surface area contributed by atoms with Crippen LogP contribution in [-0.4, -0.2) is 47.9 Å². The lowest BCUT2D eigenvalue weighted by atomic mass is 10.1. The number of benzene rings is 1. The first-order valence-electron chi connectivity index (χ1n) is 9.30. The third kappa shape index (κ3) is 5.80. The van der Waals surface area contributed by atoms with E-state index in [4.69, 9.17) is 0 Å². The maximum atomic E-state index is 12.6. The number of piperazine rings is 1. The lowest BCUT2D eigenvalue weighted by Gasteiger charge is -2.35. The van der Waals surface area contributed by atoms with E-state index in [9.17, 15) is 9.59 Å². The van der Waals surface area contributed by atoms with Crippen LogP contribution in [0.1, 0.15) is 30.3 Å². The van der Waals surface area contributed by atoms with E-state index in [1.165, 1.54) is 11.8 Å². The SMILES string of the molecule is CC(=O)Nc1cccc(C(C)NC(=O)N2CCN(Cc3ccc(Br)s3)CC2)c1. The third-order valence-corrected chi connectivity index (χ3v) is 6.32. The Kier molecular flexibility index (Phi) is 7.09. The normalized spacial score (nSPS) is 15.9. The van der Waals surface area contributed by atoms with Crippen molar-refractivity contribution in [1.82, 2.24) is 15.1 Å². The minimum atomic E-state index is -0.136. The Labute approximate surface area is 178 Å². The molecule has 3 amide bonds. The van der Waals surface area contributed by atoms with Gasteiger partial charge in [0.25, 0.3) is 0 Å². The number of hydrogen-bond acceptors (Lipinski definition) is 4. The number of nitrogens with one attached hydrogen (secondary N) is 2. The molecule has 1 aliphatic heterocycles. The summed E-state index contributed by atoms with van der Waals surface area (Å²) in [6.45, 7) is 7.54. The Morgan fingerprint density at radius 1 is 1.18 bits per heavy atom. The van der Waals surface area contributed by atoms with Crippen LogP contribution in [0, 0.1) is 0 Å². The highest BCUT2D eigenvalue weighted by Gasteiger charge is 2.22. The molecule has 0 bridgehead atoms. The first-order valence-corrected chi connectivity index (χ1v) is 10.9. The van der Waals surface area contributed by atoms with Gasteiger partial charge in [0.1, 0.15) is 0 Å². The topological polar surface area (TPSA) is 64.7 Å². The number of carbonyl (C=O) groups excluding carboxylic acids is 2. The Bertz CT molecular complexity index is 833. The second-order valence-corrected chi connectivity index (χ2v) is 9.49. The molecular weight excluding hydrogens is 440 g/mol. The molecule has 28 heavy (non-hydrogen) atoms. The number of hydrogen-bond donors (Lipinski definition) is 2. The number of thiophene rings is 1. The first-order chi connectivity index (χ1) is 13.4. The fraction of sp³-hybridized carbons (Fsp3) is 0.400. The lowest BCUT2D eigenvalue weighted by molar-refractivity contribution is -0.114. The highest BCUT2D eigenvalue weighted by Crippen LogP contribution is 2.24. The Morgan fingerprint density at radius 2 is 1.93 bits per heavy atom. The van der Waals surface area contributed by atoms with Gasteiger partial charge in [0, 0.05) is 50.2 Å². The van der Waals surface area contributed by atoms with Gasteiger partial charge in [0.2, 0.25) is 5.91 Å². The number of halogens is 1. The summed E-state index contributed by atoms with van der Waals surface area (Å²) in [5.41, 5.74) is 1.70. The molecule has 150 valence electrons. The molecule has 1 aromatic heterocycles. The third-order valence-electron chi connectivity index (χ3n) is 4.71. The summed E-state index contributed by atoms with van der Waals surface area (Å²) >= 11 is 5.26. The summed E-state index contributed by atoms with van der Waals surface area (Å²) in [5, 5.41) is 5.84. The van der Waals surface area contributed by atoms with Crippen LogP contribution >= 0.6 is 27.3 Å². The first kappa shape index (κ1) is 20.8. The number of urea groups is 1. The summed E-state index contributed by atoms with van der Waals surface area (Å²) in [4.78, 5) is 29.4. The fourth-order valence-electron chi connectivity index (χ4n) is 3.22. The largest absolute Gasteiger partial charge is 0.331 e. The fourth-order valence-corrected chi connectivity index (χ4v) is 4.74. The quantitative estimate of drug-likeness (QED) is 0.700. The Balaban J connectivity index is 1.49. The van der Waals surface area contributed by atoms with Crippen molar-refractivity contribution in [3.05, 3.63) is 50.6 Å². The monoisotopic (exact) mass is 464 g/mol. The van der Waals surface area contributed by atoms with E-state index in [0.717, 1.165) is 47.8 Å². The van der Waals surface area contributed by atoms with Crippen molar-refractivity contribution in [1.29, 1.82) is 0 Å². The van der Waals surface area contributed by atoms with Crippen molar-refractivity contribution in [2.45, 2.75) is 26.4 Å². The van der Waals surface area contributed by atoms with Gasteiger partial charge in [-0.25, -0.2) is 4.79 Å². The van der Waals surface area contributed by atoms with Crippen molar-refractivity contribution in [2.75, 3.05) is 31.5 Å². The number of amides is 3. The highest BCUT2D eigenvalue weighted by molar-refractivity contribution is 9.11. The minimum Gasteiger partial charge on any atom is -0.331 e. The van der Waals surface area contributed by atoms with Gasteiger partial charge in [-0.2, -0.15) is 0 Å². The molecule has 0 saturated carbocycles. The van der Waals surface area contributed by atoms with E-state index in [-0.39, 0.29) is 18.0 Å². The summed E-state index contributed by atoms with van der Waals surface area (Å²) in [5.74, 6) is -0.110. The summed E-state index contributed by atoms with van der Waals surface area (Å²) < 4.78 is 1.15. The van der Waals surface area contributed by atoms with Crippen molar-refractivity contribution in [2.24, 2.45) is 0 Å².